The van der Waals surface area contributed by atoms with Crippen molar-refractivity contribution in [1.82, 2.24) is 0 Å². The molecule has 0 aliphatic rings. The molecule has 0 radical (unpaired) electrons. The number of benzene rings is 1. The number of methoxy groups -OCH3 is 1. The van der Waals surface area contributed by atoms with E-state index in [1.807, 2.05) is 20.8 Å². The summed E-state index contributed by atoms with van der Waals surface area (Å²) in [4.78, 5) is 0. The molecule has 2 nitrogen and oxygen atoms in total. The Kier molecular flexibility index (Phi) is 2.99. The summed E-state index contributed by atoms with van der Waals surface area (Å²) in [7, 11) is 1.43. The van der Waals surface area contributed by atoms with Gasteiger partial charge in [0.25, 0.3) is 0 Å². The Hall–Kier alpha value is -1.56. The normalized spacial score (nSPS) is 10.9. The Morgan fingerprint density at radius 3 is 2.33 bits per heavy atom. The lowest BCUT2D eigenvalue weighted by molar-refractivity contribution is 0.407. The molecular weight excluding hydrogens is 193 g/mol. The zero-order chi connectivity index (χ0) is 11.6. The third-order valence-electron chi connectivity index (χ3n) is 2.25. The van der Waals surface area contributed by atoms with Gasteiger partial charge in [0.1, 0.15) is 23.2 Å². The van der Waals surface area contributed by atoms with E-state index in [4.69, 9.17) is 10.00 Å². The van der Waals surface area contributed by atoms with Crippen molar-refractivity contribution in [2.24, 2.45) is 0 Å². The van der Waals surface area contributed by atoms with Crippen LogP contribution in [0.1, 0.15) is 31.9 Å². The lowest BCUT2D eigenvalue weighted by atomic mass is 9.86. The molecule has 0 unspecified atom stereocenters. The van der Waals surface area contributed by atoms with Gasteiger partial charge in [-0.2, -0.15) is 5.26 Å². The average molecular weight is 207 g/mol. The van der Waals surface area contributed by atoms with E-state index < -0.39 is 5.82 Å². The van der Waals surface area contributed by atoms with Crippen molar-refractivity contribution in [3.63, 3.8) is 0 Å². The molecule has 0 bridgehead atoms. The number of hydrogen-bond donors (Lipinski definition) is 0. The fourth-order valence-electron chi connectivity index (χ4n) is 1.28. The highest BCUT2D eigenvalue weighted by atomic mass is 19.1. The summed E-state index contributed by atoms with van der Waals surface area (Å²) in [6.45, 7) is 5.94. The molecule has 0 atom stereocenters. The topological polar surface area (TPSA) is 33.0 Å². The molecule has 0 fully saturated rings. The Bertz CT molecular complexity index is 413. The second kappa shape index (κ2) is 3.90. The molecule has 1 rings (SSSR count). The molecule has 0 aliphatic heterocycles. The van der Waals surface area contributed by atoms with Crippen molar-refractivity contribution in [3.05, 3.63) is 29.1 Å². The predicted octanol–water partition coefficient (Wildman–Crippen LogP) is 3.00. The molecule has 0 heterocycles. The number of ether oxygens (including phenoxy) is 1. The van der Waals surface area contributed by atoms with Gasteiger partial charge in [0.15, 0.2) is 0 Å². The van der Waals surface area contributed by atoms with Gasteiger partial charge in [-0.05, 0) is 23.1 Å². The van der Waals surface area contributed by atoms with E-state index in [1.165, 1.54) is 13.2 Å². The molecule has 0 spiro atoms. The maximum atomic E-state index is 13.5. The van der Waals surface area contributed by atoms with Crippen LogP contribution in [0, 0.1) is 17.1 Å². The molecule has 0 aliphatic carbocycles. The number of hydrogen-bond acceptors (Lipinski definition) is 2. The lowest BCUT2D eigenvalue weighted by Gasteiger charge is -2.20. The smallest absolute Gasteiger partial charge is 0.145 e. The first-order chi connectivity index (χ1) is 6.90. The SMILES string of the molecule is COc1cc(C(C)(C)C)cc(F)c1C#N. The molecule has 0 aromatic heterocycles. The van der Waals surface area contributed by atoms with Crippen molar-refractivity contribution in [2.75, 3.05) is 7.11 Å². The summed E-state index contributed by atoms with van der Waals surface area (Å²) in [6, 6.07) is 4.89. The van der Waals surface area contributed by atoms with Crippen molar-refractivity contribution < 1.29 is 9.13 Å². The van der Waals surface area contributed by atoms with Crippen molar-refractivity contribution in [3.8, 4) is 11.8 Å². The molecule has 0 N–H and O–H groups in total. The van der Waals surface area contributed by atoms with Crippen molar-refractivity contribution >= 4 is 0 Å². The van der Waals surface area contributed by atoms with E-state index in [0.29, 0.717) is 5.75 Å². The van der Waals surface area contributed by atoms with Gasteiger partial charge < -0.3 is 4.74 Å². The third kappa shape index (κ3) is 2.27. The van der Waals surface area contributed by atoms with Crippen LogP contribution in [0.25, 0.3) is 0 Å². The highest BCUT2D eigenvalue weighted by molar-refractivity contribution is 5.47. The van der Waals surface area contributed by atoms with Gasteiger partial charge in [-0.15, -0.1) is 0 Å². The van der Waals surface area contributed by atoms with Crippen LogP contribution >= 0.6 is 0 Å². The summed E-state index contributed by atoms with van der Waals surface area (Å²) in [5.41, 5.74) is 0.614. The Morgan fingerprint density at radius 2 is 1.93 bits per heavy atom. The van der Waals surface area contributed by atoms with Crippen LogP contribution in [0.4, 0.5) is 4.39 Å². The van der Waals surface area contributed by atoms with Crippen molar-refractivity contribution in [2.45, 2.75) is 26.2 Å². The van der Waals surface area contributed by atoms with E-state index in [2.05, 4.69) is 0 Å². The van der Waals surface area contributed by atoms with Gasteiger partial charge in [-0.25, -0.2) is 4.39 Å². The predicted molar refractivity (Wildman–Crippen MR) is 56.4 cm³/mol. The first kappa shape index (κ1) is 11.5. The largest absolute Gasteiger partial charge is 0.495 e. The second-order valence-electron chi connectivity index (χ2n) is 4.40. The maximum absolute atomic E-state index is 13.5. The standard InChI is InChI=1S/C12H14FNO/c1-12(2,3)8-5-10(13)9(7-14)11(6-8)15-4/h5-6H,1-4H3. The molecule has 80 valence electrons. The van der Waals surface area contributed by atoms with Crippen LogP contribution in [-0.2, 0) is 5.41 Å². The van der Waals surface area contributed by atoms with Gasteiger partial charge in [0.2, 0.25) is 0 Å². The maximum Gasteiger partial charge on any atom is 0.145 e. The van der Waals surface area contributed by atoms with E-state index in [1.54, 1.807) is 12.1 Å². The summed E-state index contributed by atoms with van der Waals surface area (Å²) in [5, 5.41) is 8.75. The van der Waals surface area contributed by atoms with Crippen LogP contribution in [0.2, 0.25) is 0 Å². The Morgan fingerprint density at radius 1 is 1.33 bits per heavy atom. The summed E-state index contributed by atoms with van der Waals surface area (Å²) in [6.07, 6.45) is 0. The van der Waals surface area contributed by atoms with Crippen LogP contribution < -0.4 is 4.74 Å². The number of halogens is 1. The number of rotatable bonds is 1. The number of nitrogens with zero attached hydrogens (tertiary/aromatic N) is 1. The molecule has 0 amide bonds. The van der Waals surface area contributed by atoms with Gasteiger partial charge >= 0.3 is 0 Å². The van der Waals surface area contributed by atoms with Crippen LogP contribution in [0.5, 0.6) is 5.75 Å². The molecule has 0 saturated carbocycles. The van der Waals surface area contributed by atoms with E-state index >= 15 is 0 Å². The van der Waals surface area contributed by atoms with Crippen LogP contribution in [0.15, 0.2) is 12.1 Å². The fourth-order valence-corrected chi connectivity index (χ4v) is 1.28. The molecule has 0 saturated heterocycles. The Balaban J connectivity index is 3.40. The zero-order valence-corrected chi connectivity index (χ0v) is 9.39. The number of nitriles is 1. The molecule has 15 heavy (non-hydrogen) atoms. The minimum atomic E-state index is -0.526. The molecule has 1 aromatic rings. The molecular formula is C12H14FNO. The second-order valence-corrected chi connectivity index (χ2v) is 4.40. The van der Waals surface area contributed by atoms with Gasteiger partial charge in [0.05, 0.1) is 7.11 Å². The van der Waals surface area contributed by atoms with Gasteiger partial charge in [-0.1, -0.05) is 20.8 Å². The highest BCUT2D eigenvalue weighted by Gasteiger charge is 2.19. The van der Waals surface area contributed by atoms with E-state index in [9.17, 15) is 4.39 Å². The first-order valence-electron chi connectivity index (χ1n) is 4.68. The van der Waals surface area contributed by atoms with E-state index in [-0.39, 0.29) is 11.0 Å². The lowest BCUT2D eigenvalue weighted by Crippen LogP contribution is -2.12. The zero-order valence-electron chi connectivity index (χ0n) is 9.39. The van der Waals surface area contributed by atoms with Crippen LogP contribution in [0.3, 0.4) is 0 Å². The minimum absolute atomic E-state index is 0.0366. The van der Waals surface area contributed by atoms with Crippen molar-refractivity contribution in [1.29, 1.82) is 5.26 Å². The molecule has 1 aromatic carbocycles. The molecule has 3 heteroatoms. The van der Waals surface area contributed by atoms with Gasteiger partial charge in [0, 0.05) is 0 Å². The summed E-state index contributed by atoms with van der Waals surface area (Å²) >= 11 is 0. The van der Waals surface area contributed by atoms with Gasteiger partial charge in [-0.3, -0.25) is 0 Å². The Labute approximate surface area is 89.3 Å². The van der Waals surface area contributed by atoms with Crippen LogP contribution in [-0.4, -0.2) is 7.11 Å². The quantitative estimate of drug-likeness (QED) is 0.709. The third-order valence-corrected chi connectivity index (χ3v) is 2.25. The summed E-state index contributed by atoms with van der Waals surface area (Å²) < 4.78 is 18.5. The first-order valence-corrected chi connectivity index (χ1v) is 4.68. The average Bonchev–Trinajstić information content (AvgIpc) is 2.15. The fraction of sp³-hybridized carbons (Fsp3) is 0.417. The van der Waals surface area contributed by atoms with E-state index in [0.717, 1.165) is 5.56 Å². The highest BCUT2D eigenvalue weighted by Crippen LogP contribution is 2.30. The minimum Gasteiger partial charge on any atom is -0.495 e. The summed E-state index contributed by atoms with van der Waals surface area (Å²) in [5.74, 6) is -0.232. The monoisotopic (exact) mass is 207 g/mol.